The van der Waals surface area contributed by atoms with Gasteiger partial charge in [-0.25, -0.2) is 0 Å². The molecular formula is C12H27NO2. The molecule has 15 heavy (non-hydrogen) atoms. The summed E-state index contributed by atoms with van der Waals surface area (Å²) >= 11 is 0. The predicted octanol–water partition coefficient (Wildman–Crippen LogP) is 2.02. The van der Waals surface area contributed by atoms with Gasteiger partial charge in [0.25, 0.3) is 0 Å². The predicted molar refractivity (Wildman–Crippen MR) is 64.2 cm³/mol. The molecule has 0 aromatic rings. The number of methoxy groups -OCH3 is 2. The van der Waals surface area contributed by atoms with Gasteiger partial charge in [-0.15, -0.1) is 0 Å². The molecule has 0 saturated carbocycles. The summed E-state index contributed by atoms with van der Waals surface area (Å²) in [6.07, 6.45) is 1.31. The SMILES string of the molecule is COC(C)(C)C.COCC1CCN(C)C1. The number of hydrogen-bond donors (Lipinski definition) is 0. The average Bonchev–Trinajstić information content (AvgIpc) is 2.52. The van der Waals surface area contributed by atoms with Crippen molar-refractivity contribution in [3.8, 4) is 0 Å². The minimum Gasteiger partial charge on any atom is -0.384 e. The third kappa shape index (κ3) is 8.85. The van der Waals surface area contributed by atoms with Crippen molar-refractivity contribution in [3.05, 3.63) is 0 Å². The van der Waals surface area contributed by atoms with Gasteiger partial charge in [-0.1, -0.05) is 0 Å². The Kier molecular flexibility index (Phi) is 7.14. The first-order chi connectivity index (χ1) is 6.89. The van der Waals surface area contributed by atoms with Gasteiger partial charge < -0.3 is 14.4 Å². The topological polar surface area (TPSA) is 21.7 Å². The van der Waals surface area contributed by atoms with E-state index in [-0.39, 0.29) is 5.60 Å². The molecule has 1 heterocycles. The number of ether oxygens (including phenoxy) is 2. The molecule has 1 fully saturated rings. The van der Waals surface area contributed by atoms with Crippen LogP contribution in [0.1, 0.15) is 27.2 Å². The molecule has 0 spiro atoms. The lowest BCUT2D eigenvalue weighted by atomic mass is 10.1. The molecule has 0 aromatic heterocycles. The molecule has 92 valence electrons. The molecule has 0 N–H and O–H groups in total. The molecule has 3 heteroatoms. The fraction of sp³-hybridized carbons (Fsp3) is 1.00. The van der Waals surface area contributed by atoms with E-state index in [4.69, 9.17) is 9.47 Å². The Balaban J connectivity index is 0.000000288. The van der Waals surface area contributed by atoms with Crippen LogP contribution < -0.4 is 0 Å². The standard InChI is InChI=1S/C7H15NO.C5H12O/c1-8-4-3-7(5-8)6-9-2;1-5(2,3)6-4/h7H,3-6H2,1-2H3;1-4H3. The zero-order valence-corrected chi connectivity index (χ0v) is 11.2. The quantitative estimate of drug-likeness (QED) is 0.706. The fourth-order valence-corrected chi connectivity index (χ4v) is 1.40. The average molecular weight is 217 g/mol. The largest absolute Gasteiger partial charge is 0.384 e. The lowest BCUT2D eigenvalue weighted by molar-refractivity contribution is 0.0397. The summed E-state index contributed by atoms with van der Waals surface area (Å²) in [5.74, 6) is 0.792. The van der Waals surface area contributed by atoms with E-state index in [1.165, 1.54) is 19.5 Å². The van der Waals surface area contributed by atoms with Gasteiger partial charge in [-0.3, -0.25) is 0 Å². The Bertz CT molecular complexity index is 152. The molecule has 1 rings (SSSR count). The summed E-state index contributed by atoms with van der Waals surface area (Å²) in [7, 11) is 5.65. The monoisotopic (exact) mass is 217 g/mol. The maximum absolute atomic E-state index is 5.05. The summed E-state index contributed by atoms with van der Waals surface area (Å²) in [4.78, 5) is 2.35. The van der Waals surface area contributed by atoms with Crippen LogP contribution in [0.15, 0.2) is 0 Å². The van der Waals surface area contributed by atoms with Crippen LogP contribution in [0.4, 0.5) is 0 Å². The zero-order chi connectivity index (χ0) is 11.9. The Hall–Kier alpha value is -0.120. The second kappa shape index (κ2) is 7.20. The number of nitrogens with zero attached hydrogens (tertiary/aromatic N) is 1. The van der Waals surface area contributed by atoms with Crippen molar-refractivity contribution in [2.75, 3.05) is 41.0 Å². The first-order valence-electron chi connectivity index (χ1n) is 5.61. The van der Waals surface area contributed by atoms with E-state index in [2.05, 4.69) is 11.9 Å². The van der Waals surface area contributed by atoms with Crippen LogP contribution >= 0.6 is 0 Å². The van der Waals surface area contributed by atoms with E-state index in [0.717, 1.165) is 12.5 Å². The van der Waals surface area contributed by atoms with Crippen molar-refractivity contribution in [1.29, 1.82) is 0 Å². The highest BCUT2D eigenvalue weighted by molar-refractivity contribution is 4.71. The summed E-state index contributed by atoms with van der Waals surface area (Å²) in [6, 6.07) is 0. The van der Waals surface area contributed by atoms with Gasteiger partial charge in [0.2, 0.25) is 0 Å². The minimum absolute atomic E-state index is 0.0417. The Morgan fingerprint density at radius 3 is 2.07 bits per heavy atom. The van der Waals surface area contributed by atoms with Gasteiger partial charge in [-0.05, 0) is 46.7 Å². The number of hydrogen-bond acceptors (Lipinski definition) is 3. The Morgan fingerprint density at radius 2 is 1.80 bits per heavy atom. The van der Waals surface area contributed by atoms with E-state index in [9.17, 15) is 0 Å². The van der Waals surface area contributed by atoms with E-state index in [1.807, 2.05) is 20.8 Å². The third-order valence-corrected chi connectivity index (χ3v) is 2.50. The van der Waals surface area contributed by atoms with Gasteiger partial charge in [0.1, 0.15) is 0 Å². The molecule has 0 radical (unpaired) electrons. The van der Waals surface area contributed by atoms with Gasteiger partial charge >= 0.3 is 0 Å². The lowest BCUT2D eigenvalue weighted by Crippen LogP contribution is -2.16. The maximum Gasteiger partial charge on any atom is 0.0594 e. The molecule has 0 aromatic carbocycles. The van der Waals surface area contributed by atoms with Crippen LogP contribution in [-0.4, -0.2) is 51.5 Å². The number of rotatable bonds is 2. The summed E-state index contributed by atoms with van der Waals surface area (Å²) in [6.45, 7) is 9.46. The minimum atomic E-state index is 0.0417. The zero-order valence-electron chi connectivity index (χ0n) is 11.2. The van der Waals surface area contributed by atoms with Crippen molar-refractivity contribution in [3.63, 3.8) is 0 Å². The molecule has 3 nitrogen and oxygen atoms in total. The van der Waals surface area contributed by atoms with E-state index in [1.54, 1.807) is 14.2 Å². The Morgan fingerprint density at radius 1 is 1.27 bits per heavy atom. The van der Waals surface area contributed by atoms with Crippen molar-refractivity contribution >= 4 is 0 Å². The van der Waals surface area contributed by atoms with E-state index < -0.39 is 0 Å². The van der Waals surface area contributed by atoms with Crippen LogP contribution in [0.25, 0.3) is 0 Å². The fourth-order valence-electron chi connectivity index (χ4n) is 1.40. The van der Waals surface area contributed by atoms with Gasteiger partial charge in [0.15, 0.2) is 0 Å². The summed E-state index contributed by atoms with van der Waals surface area (Å²) < 4.78 is 9.98. The van der Waals surface area contributed by atoms with Gasteiger partial charge in [0, 0.05) is 20.8 Å². The molecule has 1 unspecified atom stereocenters. The molecule has 1 atom stereocenters. The summed E-state index contributed by atoms with van der Waals surface area (Å²) in [5.41, 5.74) is 0.0417. The first kappa shape index (κ1) is 14.9. The van der Waals surface area contributed by atoms with E-state index in [0.29, 0.717) is 0 Å². The number of likely N-dealkylation sites (tertiary alicyclic amines) is 1. The first-order valence-corrected chi connectivity index (χ1v) is 5.61. The van der Waals surface area contributed by atoms with Crippen molar-refractivity contribution in [2.24, 2.45) is 5.92 Å². The van der Waals surface area contributed by atoms with Crippen molar-refractivity contribution < 1.29 is 9.47 Å². The molecular weight excluding hydrogens is 190 g/mol. The van der Waals surface area contributed by atoms with Crippen LogP contribution in [0.3, 0.4) is 0 Å². The second-order valence-corrected chi connectivity index (χ2v) is 5.19. The van der Waals surface area contributed by atoms with Crippen LogP contribution in [0.5, 0.6) is 0 Å². The summed E-state index contributed by atoms with van der Waals surface area (Å²) in [5, 5.41) is 0. The molecule has 1 aliphatic rings. The lowest BCUT2D eigenvalue weighted by Gasteiger charge is -2.14. The smallest absolute Gasteiger partial charge is 0.0594 e. The highest BCUT2D eigenvalue weighted by atomic mass is 16.5. The van der Waals surface area contributed by atoms with Gasteiger partial charge in [-0.2, -0.15) is 0 Å². The second-order valence-electron chi connectivity index (χ2n) is 5.19. The van der Waals surface area contributed by atoms with Crippen LogP contribution in [0.2, 0.25) is 0 Å². The van der Waals surface area contributed by atoms with Crippen molar-refractivity contribution in [1.82, 2.24) is 4.90 Å². The van der Waals surface area contributed by atoms with Crippen LogP contribution in [0, 0.1) is 5.92 Å². The molecule has 0 amide bonds. The van der Waals surface area contributed by atoms with Crippen LogP contribution in [-0.2, 0) is 9.47 Å². The van der Waals surface area contributed by atoms with E-state index >= 15 is 0 Å². The molecule has 1 aliphatic heterocycles. The molecule has 1 saturated heterocycles. The Labute approximate surface area is 94.7 Å². The normalized spacial score (nSPS) is 22.4. The van der Waals surface area contributed by atoms with Gasteiger partial charge in [0.05, 0.1) is 12.2 Å². The molecule has 0 bridgehead atoms. The maximum atomic E-state index is 5.05. The molecule has 0 aliphatic carbocycles. The highest BCUT2D eigenvalue weighted by Crippen LogP contribution is 2.13. The van der Waals surface area contributed by atoms with Crippen molar-refractivity contribution in [2.45, 2.75) is 32.8 Å². The third-order valence-electron chi connectivity index (χ3n) is 2.50. The highest BCUT2D eigenvalue weighted by Gasteiger charge is 2.18.